The van der Waals surface area contributed by atoms with E-state index in [0.717, 1.165) is 11.3 Å². The summed E-state index contributed by atoms with van der Waals surface area (Å²) in [6.07, 6.45) is 2.55. The van der Waals surface area contributed by atoms with Crippen LogP contribution in [0.25, 0.3) is 11.3 Å². The average Bonchev–Trinajstić information content (AvgIpc) is 3.41. The minimum absolute atomic E-state index is 0.229. The minimum Gasteiger partial charge on any atom is -0.447 e. The molecular weight excluding hydrogens is 368 g/mol. The number of aromatic nitrogens is 2. The summed E-state index contributed by atoms with van der Waals surface area (Å²) >= 11 is 0. The lowest BCUT2D eigenvalue weighted by Gasteiger charge is -2.13. The average molecular weight is 392 g/mol. The number of rotatable bonds is 4. The summed E-state index contributed by atoms with van der Waals surface area (Å²) in [5.41, 5.74) is 3.58. The standard InChI is InChI=1S/C19H16N4O3.C3H8/c24-18(13-5-7-14(8-6-13)23-11-12-26-19(23)25)21-16-4-2-1-3-15(16)17-9-10-20-22-17;1-3-2/h1-10H,11-12H2,(H,20,22)(H,21,24);3H2,1-2H3. The molecule has 0 unspecified atom stereocenters. The fraction of sp³-hybridized carbons (Fsp3) is 0.227. The third-order valence-corrected chi connectivity index (χ3v) is 4.17. The molecule has 0 atom stereocenters. The molecule has 150 valence electrons. The highest BCUT2D eigenvalue weighted by atomic mass is 16.6. The Kier molecular flexibility index (Phi) is 6.63. The summed E-state index contributed by atoms with van der Waals surface area (Å²) < 4.78 is 4.92. The SMILES string of the molecule is CCC.O=C(Nc1ccccc1-c1ccn[nH]1)c1ccc(N2CCOC2=O)cc1. The number of nitrogens with one attached hydrogen (secondary N) is 2. The molecular formula is C22H24N4O3. The van der Waals surface area contributed by atoms with E-state index in [-0.39, 0.29) is 12.0 Å². The Labute approximate surface area is 169 Å². The molecule has 2 heterocycles. The quantitative estimate of drug-likeness (QED) is 0.674. The van der Waals surface area contributed by atoms with Gasteiger partial charge in [-0.05, 0) is 36.4 Å². The summed E-state index contributed by atoms with van der Waals surface area (Å²) in [6.45, 7) is 5.15. The third-order valence-electron chi connectivity index (χ3n) is 4.17. The Balaban J connectivity index is 0.000000755. The van der Waals surface area contributed by atoms with Crippen LogP contribution in [-0.4, -0.2) is 35.3 Å². The highest BCUT2D eigenvalue weighted by Crippen LogP contribution is 2.26. The van der Waals surface area contributed by atoms with Crippen molar-refractivity contribution in [2.75, 3.05) is 23.4 Å². The van der Waals surface area contributed by atoms with Crippen LogP contribution in [0, 0.1) is 0 Å². The largest absolute Gasteiger partial charge is 0.447 e. The van der Waals surface area contributed by atoms with Crippen LogP contribution in [0.3, 0.4) is 0 Å². The van der Waals surface area contributed by atoms with Gasteiger partial charge in [0.2, 0.25) is 0 Å². The molecule has 0 radical (unpaired) electrons. The van der Waals surface area contributed by atoms with Gasteiger partial charge in [-0.15, -0.1) is 0 Å². The summed E-state index contributed by atoms with van der Waals surface area (Å²) in [7, 11) is 0. The van der Waals surface area contributed by atoms with Crippen molar-refractivity contribution in [3.63, 3.8) is 0 Å². The molecule has 1 fully saturated rings. The number of hydrogen-bond acceptors (Lipinski definition) is 4. The second kappa shape index (κ2) is 9.54. The summed E-state index contributed by atoms with van der Waals surface area (Å²) in [5.74, 6) is -0.229. The van der Waals surface area contributed by atoms with E-state index in [1.807, 2.05) is 30.3 Å². The first kappa shape index (κ1) is 20.1. The molecule has 2 N–H and O–H groups in total. The number of nitrogens with zero attached hydrogens (tertiary/aromatic N) is 2. The van der Waals surface area contributed by atoms with Crippen LogP contribution >= 0.6 is 0 Å². The van der Waals surface area contributed by atoms with Crippen molar-refractivity contribution in [1.82, 2.24) is 10.2 Å². The summed E-state index contributed by atoms with van der Waals surface area (Å²) in [4.78, 5) is 25.7. The van der Waals surface area contributed by atoms with Gasteiger partial charge in [0.15, 0.2) is 0 Å². The number of anilines is 2. The molecule has 7 nitrogen and oxygen atoms in total. The van der Waals surface area contributed by atoms with Crippen LogP contribution in [0.2, 0.25) is 0 Å². The first-order valence-electron chi connectivity index (χ1n) is 9.58. The number of ether oxygens (including phenoxy) is 1. The lowest BCUT2D eigenvalue weighted by molar-refractivity contribution is 0.102. The summed E-state index contributed by atoms with van der Waals surface area (Å²) in [5, 5.41) is 9.77. The van der Waals surface area contributed by atoms with Gasteiger partial charge >= 0.3 is 6.09 Å². The Morgan fingerprint density at radius 2 is 1.86 bits per heavy atom. The highest BCUT2D eigenvalue weighted by molar-refractivity contribution is 6.06. The first-order chi connectivity index (χ1) is 14.1. The van der Waals surface area contributed by atoms with Gasteiger partial charge in [-0.3, -0.25) is 14.8 Å². The van der Waals surface area contributed by atoms with Gasteiger partial charge in [-0.1, -0.05) is 38.5 Å². The maximum absolute atomic E-state index is 12.6. The van der Waals surface area contributed by atoms with Crippen LogP contribution in [-0.2, 0) is 4.74 Å². The molecule has 1 saturated heterocycles. The number of aromatic amines is 1. The molecule has 2 amide bonds. The number of amides is 2. The maximum Gasteiger partial charge on any atom is 0.414 e. The van der Waals surface area contributed by atoms with Gasteiger partial charge < -0.3 is 10.1 Å². The van der Waals surface area contributed by atoms with E-state index in [4.69, 9.17) is 4.74 Å². The predicted molar refractivity (Wildman–Crippen MR) is 113 cm³/mol. The highest BCUT2D eigenvalue weighted by Gasteiger charge is 2.23. The maximum atomic E-state index is 12.6. The zero-order valence-corrected chi connectivity index (χ0v) is 16.5. The van der Waals surface area contributed by atoms with Gasteiger partial charge in [-0.25, -0.2) is 4.79 Å². The third kappa shape index (κ3) is 4.82. The van der Waals surface area contributed by atoms with E-state index in [2.05, 4.69) is 29.4 Å². The number of para-hydroxylation sites is 1. The molecule has 3 aromatic rings. The molecule has 0 bridgehead atoms. The topological polar surface area (TPSA) is 87.3 Å². The van der Waals surface area contributed by atoms with Crippen LogP contribution in [0.4, 0.5) is 16.2 Å². The summed E-state index contributed by atoms with van der Waals surface area (Å²) in [6, 6.07) is 16.2. The van der Waals surface area contributed by atoms with Crippen molar-refractivity contribution in [1.29, 1.82) is 0 Å². The molecule has 4 rings (SSSR count). The van der Waals surface area contributed by atoms with Crippen molar-refractivity contribution in [2.45, 2.75) is 20.3 Å². The number of hydrogen-bond donors (Lipinski definition) is 2. The first-order valence-corrected chi connectivity index (χ1v) is 9.58. The van der Waals surface area contributed by atoms with Crippen molar-refractivity contribution in [2.24, 2.45) is 0 Å². The van der Waals surface area contributed by atoms with E-state index in [9.17, 15) is 9.59 Å². The Hall–Kier alpha value is -3.61. The van der Waals surface area contributed by atoms with Gasteiger partial charge in [0.25, 0.3) is 5.91 Å². The minimum atomic E-state index is -0.365. The molecule has 1 aromatic heterocycles. The van der Waals surface area contributed by atoms with Crippen molar-refractivity contribution >= 4 is 23.4 Å². The van der Waals surface area contributed by atoms with E-state index in [1.54, 1.807) is 30.5 Å². The van der Waals surface area contributed by atoms with Crippen molar-refractivity contribution in [3.05, 3.63) is 66.4 Å². The van der Waals surface area contributed by atoms with Crippen LogP contribution in [0.1, 0.15) is 30.6 Å². The molecule has 29 heavy (non-hydrogen) atoms. The van der Waals surface area contributed by atoms with Gasteiger partial charge in [0.05, 0.1) is 17.9 Å². The fourth-order valence-corrected chi connectivity index (χ4v) is 2.85. The Morgan fingerprint density at radius 3 is 2.48 bits per heavy atom. The van der Waals surface area contributed by atoms with Gasteiger partial charge in [-0.2, -0.15) is 5.10 Å². The van der Waals surface area contributed by atoms with E-state index in [0.29, 0.717) is 30.1 Å². The Bertz CT molecular complexity index is 952. The zero-order valence-electron chi connectivity index (χ0n) is 16.5. The number of benzene rings is 2. The van der Waals surface area contributed by atoms with Crippen molar-refractivity contribution < 1.29 is 14.3 Å². The normalized spacial score (nSPS) is 12.8. The number of carbonyl (C=O) groups is 2. The van der Waals surface area contributed by atoms with E-state index >= 15 is 0 Å². The molecule has 0 spiro atoms. The predicted octanol–water partition coefficient (Wildman–Crippen LogP) is 4.70. The second-order valence-corrected chi connectivity index (χ2v) is 6.49. The zero-order chi connectivity index (χ0) is 20.6. The second-order valence-electron chi connectivity index (χ2n) is 6.49. The van der Waals surface area contributed by atoms with Crippen LogP contribution < -0.4 is 10.2 Å². The fourth-order valence-electron chi connectivity index (χ4n) is 2.85. The lowest BCUT2D eigenvalue weighted by atomic mass is 10.1. The molecule has 1 aliphatic heterocycles. The van der Waals surface area contributed by atoms with Gasteiger partial charge in [0, 0.05) is 23.0 Å². The van der Waals surface area contributed by atoms with E-state index in [1.165, 1.54) is 11.3 Å². The Morgan fingerprint density at radius 1 is 1.14 bits per heavy atom. The van der Waals surface area contributed by atoms with E-state index < -0.39 is 0 Å². The number of cyclic esters (lactones) is 1. The van der Waals surface area contributed by atoms with Crippen LogP contribution in [0.5, 0.6) is 0 Å². The van der Waals surface area contributed by atoms with Gasteiger partial charge in [0.1, 0.15) is 6.61 Å². The lowest BCUT2D eigenvalue weighted by Crippen LogP contribution is -2.23. The molecule has 7 heteroatoms. The molecule has 0 saturated carbocycles. The molecule has 0 aliphatic carbocycles. The molecule has 1 aliphatic rings. The number of carbonyl (C=O) groups excluding carboxylic acids is 2. The monoisotopic (exact) mass is 392 g/mol. The number of H-pyrrole nitrogens is 1. The van der Waals surface area contributed by atoms with Crippen LogP contribution in [0.15, 0.2) is 60.8 Å². The molecule has 2 aromatic carbocycles. The van der Waals surface area contributed by atoms with Crippen molar-refractivity contribution in [3.8, 4) is 11.3 Å². The smallest absolute Gasteiger partial charge is 0.414 e.